The summed E-state index contributed by atoms with van der Waals surface area (Å²) in [5.74, 6) is 0.594. The lowest BCUT2D eigenvalue weighted by molar-refractivity contribution is 0.694. The van der Waals surface area contributed by atoms with Gasteiger partial charge in [-0.25, -0.2) is 9.50 Å². The summed E-state index contributed by atoms with van der Waals surface area (Å²) < 4.78 is 1.75. The van der Waals surface area contributed by atoms with E-state index >= 15 is 0 Å². The SMILES string of the molecule is CCCc1cc2nc(C3CCCC3)cc(Cl)n2n1. The monoisotopic (exact) mass is 263 g/mol. The molecule has 0 spiro atoms. The van der Waals surface area contributed by atoms with E-state index in [4.69, 9.17) is 16.6 Å². The van der Waals surface area contributed by atoms with E-state index in [-0.39, 0.29) is 0 Å². The van der Waals surface area contributed by atoms with Crippen LogP contribution in [-0.2, 0) is 6.42 Å². The van der Waals surface area contributed by atoms with Gasteiger partial charge >= 0.3 is 0 Å². The molecule has 0 aliphatic heterocycles. The molecule has 3 rings (SSSR count). The predicted octanol–water partition coefficient (Wildman–Crippen LogP) is 3.99. The van der Waals surface area contributed by atoms with E-state index in [2.05, 4.69) is 18.1 Å². The Balaban J connectivity index is 2.02. The van der Waals surface area contributed by atoms with Crippen LogP contribution >= 0.6 is 11.6 Å². The van der Waals surface area contributed by atoms with E-state index in [1.807, 2.05) is 6.07 Å². The first-order valence-corrected chi connectivity index (χ1v) is 7.21. The van der Waals surface area contributed by atoms with Crippen molar-refractivity contribution in [1.29, 1.82) is 0 Å². The minimum atomic E-state index is 0.594. The minimum Gasteiger partial charge on any atom is -0.233 e. The van der Waals surface area contributed by atoms with Gasteiger partial charge in [0, 0.05) is 17.7 Å². The molecule has 3 nitrogen and oxygen atoms in total. The van der Waals surface area contributed by atoms with E-state index in [0.717, 1.165) is 29.9 Å². The Morgan fingerprint density at radius 3 is 2.83 bits per heavy atom. The first kappa shape index (κ1) is 12.0. The number of hydrogen-bond acceptors (Lipinski definition) is 2. The molecule has 2 heterocycles. The molecule has 1 aliphatic rings. The molecule has 1 aliphatic carbocycles. The molecule has 0 saturated heterocycles. The van der Waals surface area contributed by atoms with E-state index in [1.165, 1.54) is 25.7 Å². The number of nitrogens with zero attached hydrogens (tertiary/aromatic N) is 3. The molecule has 2 aromatic heterocycles. The average molecular weight is 264 g/mol. The zero-order valence-corrected chi connectivity index (χ0v) is 11.5. The topological polar surface area (TPSA) is 30.2 Å². The molecular weight excluding hydrogens is 246 g/mol. The van der Waals surface area contributed by atoms with E-state index < -0.39 is 0 Å². The first-order chi connectivity index (χ1) is 8.78. The highest BCUT2D eigenvalue weighted by molar-refractivity contribution is 6.29. The number of aromatic nitrogens is 3. The summed E-state index contributed by atoms with van der Waals surface area (Å²) in [4.78, 5) is 4.74. The molecular formula is C14H18ClN3. The van der Waals surface area contributed by atoms with Crippen molar-refractivity contribution in [2.45, 2.75) is 51.4 Å². The number of rotatable bonds is 3. The van der Waals surface area contributed by atoms with Gasteiger partial charge in [-0.05, 0) is 25.3 Å². The molecule has 0 atom stereocenters. The predicted molar refractivity (Wildman–Crippen MR) is 73.2 cm³/mol. The second-order valence-corrected chi connectivity index (χ2v) is 5.53. The summed E-state index contributed by atoms with van der Waals surface area (Å²) in [6.07, 6.45) is 7.20. The van der Waals surface area contributed by atoms with Crippen molar-refractivity contribution in [1.82, 2.24) is 14.6 Å². The van der Waals surface area contributed by atoms with Crippen molar-refractivity contribution in [3.8, 4) is 0 Å². The molecule has 4 heteroatoms. The molecule has 1 fully saturated rings. The summed E-state index contributed by atoms with van der Waals surface area (Å²) >= 11 is 6.31. The standard InChI is InChI=1S/C14H18ClN3/c1-2-5-11-8-14-16-12(10-6-3-4-7-10)9-13(15)18(14)17-11/h8-10H,2-7H2,1H3. The Bertz CT molecular complexity index is 555. The normalized spacial score (nSPS) is 16.8. The smallest absolute Gasteiger partial charge is 0.157 e. The molecule has 0 bridgehead atoms. The van der Waals surface area contributed by atoms with Gasteiger partial charge in [-0.3, -0.25) is 0 Å². The van der Waals surface area contributed by atoms with Gasteiger partial charge in [0.15, 0.2) is 5.65 Å². The zero-order chi connectivity index (χ0) is 12.5. The summed E-state index contributed by atoms with van der Waals surface area (Å²) in [5.41, 5.74) is 3.12. The number of hydrogen-bond donors (Lipinski definition) is 0. The van der Waals surface area contributed by atoms with Crippen molar-refractivity contribution in [3.63, 3.8) is 0 Å². The van der Waals surface area contributed by atoms with Crippen molar-refractivity contribution < 1.29 is 0 Å². The number of fused-ring (bicyclic) bond motifs is 1. The second kappa shape index (κ2) is 4.88. The molecule has 18 heavy (non-hydrogen) atoms. The van der Waals surface area contributed by atoms with E-state index in [1.54, 1.807) is 4.52 Å². The van der Waals surface area contributed by atoms with Gasteiger partial charge in [0.2, 0.25) is 0 Å². The number of halogens is 1. The van der Waals surface area contributed by atoms with Crippen LogP contribution in [0.15, 0.2) is 12.1 Å². The van der Waals surface area contributed by atoms with Crippen LogP contribution in [-0.4, -0.2) is 14.6 Å². The maximum Gasteiger partial charge on any atom is 0.157 e. The van der Waals surface area contributed by atoms with Gasteiger partial charge in [-0.2, -0.15) is 5.10 Å². The molecule has 96 valence electrons. The zero-order valence-electron chi connectivity index (χ0n) is 10.7. The Hall–Kier alpha value is -1.09. The third-order valence-electron chi connectivity index (χ3n) is 3.73. The summed E-state index contributed by atoms with van der Waals surface area (Å²) in [7, 11) is 0. The molecule has 0 aromatic carbocycles. The Labute approximate surface area is 112 Å². The fourth-order valence-corrected chi connectivity index (χ4v) is 3.05. The van der Waals surface area contributed by atoms with E-state index in [9.17, 15) is 0 Å². The molecule has 0 N–H and O–H groups in total. The van der Waals surface area contributed by atoms with Crippen LogP contribution in [0.3, 0.4) is 0 Å². The summed E-state index contributed by atoms with van der Waals surface area (Å²) in [5, 5.41) is 5.18. The Morgan fingerprint density at radius 1 is 1.33 bits per heavy atom. The van der Waals surface area contributed by atoms with Gasteiger partial charge in [0.1, 0.15) is 5.15 Å². The fraction of sp³-hybridized carbons (Fsp3) is 0.571. The lowest BCUT2D eigenvalue weighted by Gasteiger charge is -2.09. The van der Waals surface area contributed by atoms with Crippen LogP contribution in [0.5, 0.6) is 0 Å². The highest BCUT2D eigenvalue weighted by Gasteiger charge is 2.20. The van der Waals surface area contributed by atoms with Crippen LogP contribution < -0.4 is 0 Å². The molecule has 0 amide bonds. The van der Waals surface area contributed by atoms with Crippen LogP contribution in [0.4, 0.5) is 0 Å². The second-order valence-electron chi connectivity index (χ2n) is 5.14. The molecule has 1 saturated carbocycles. The van der Waals surface area contributed by atoms with Gasteiger partial charge < -0.3 is 0 Å². The van der Waals surface area contributed by atoms with Gasteiger partial charge in [-0.15, -0.1) is 0 Å². The molecule has 0 radical (unpaired) electrons. The quantitative estimate of drug-likeness (QED) is 0.784. The summed E-state index contributed by atoms with van der Waals surface area (Å²) in [6, 6.07) is 4.06. The Kier molecular flexibility index (Phi) is 3.25. The van der Waals surface area contributed by atoms with Gasteiger partial charge in [0.05, 0.1) is 5.69 Å². The maximum atomic E-state index is 6.31. The third-order valence-corrected chi connectivity index (χ3v) is 4.00. The van der Waals surface area contributed by atoms with Crippen LogP contribution in [0.2, 0.25) is 5.15 Å². The highest BCUT2D eigenvalue weighted by atomic mass is 35.5. The molecule has 0 unspecified atom stereocenters. The number of aryl methyl sites for hydroxylation is 1. The maximum absolute atomic E-state index is 6.31. The van der Waals surface area contributed by atoms with E-state index in [0.29, 0.717) is 11.1 Å². The van der Waals surface area contributed by atoms with Crippen molar-refractivity contribution >= 4 is 17.2 Å². The van der Waals surface area contributed by atoms with Crippen LogP contribution in [0.25, 0.3) is 5.65 Å². The average Bonchev–Trinajstić information content (AvgIpc) is 2.97. The largest absolute Gasteiger partial charge is 0.233 e. The van der Waals surface area contributed by atoms with Crippen LogP contribution in [0, 0.1) is 0 Å². The summed E-state index contributed by atoms with van der Waals surface area (Å²) in [6.45, 7) is 2.16. The van der Waals surface area contributed by atoms with Crippen molar-refractivity contribution in [2.75, 3.05) is 0 Å². The van der Waals surface area contributed by atoms with Crippen molar-refractivity contribution in [2.24, 2.45) is 0 Å². The van der Waals surface area contributed by atoms with Gasteiger partial charge in [0.25, 0.3) is 0 Å². The fourth-order valence-electron chi connectivity index (χ4n) is 2.81. The minimum absolute atomic E-state index is 0.594. The Morgan fingerprint density at radius 2 is 2.11 bits per heavy atom. The van der Waals surface area contributed by atoms with Gasteiger partial charge in [-0.1, -0.05) is 37.8 Å². The lowest BCUT2D eigenvalue weighted by Crippen LogP contribution is -2.01. The first-order valence-electron chi connectivity index (χ1n) is 6.83. The third kappa shape index (κ3) is 2.12. The lowest BCUT2D eigenvalue weighted by atomic mass is 10.0. The molecule has 2 aromatic rings. The highest BCUT2D eigenvalue weighted by Crippen LogP contribution is 2.34. The van der Waals surface area contributed by atoms with Crippen molar-refractivity contribution in [3.05, 3.63) is 28.7 Å². The van der Waals surface area contributed by atoms with Crippen LogP contribution in [0.1, 0.15) is 56.3 Å².